The van der Waals surface area contributed by atoms with Crippen molar-refractivity contribution >= 4 is 29.8 Å². The van der Waals surface area contributed by atoms with E-state index >= 15 is 0 Å². The highest BCUT2D eigenvalue weighted by Gasteiger charge is 2.06. The fourth-order valence-corrected chi connectivity index (χ4v) is 2.73. The molecular formula is C18H24N4OS. The summed E-state index contributed by atoms with van der Waals surface area (Å²) >= 11 is 1.34. The number of H-pyrrole nitrogens is 1. The molecule has 0 saturated heterocycles. The number of benzene rings is 1. The zero-order valence-corrected chi connectivity index (χ0v) is 14.8. The van der Waals surface area contributed by atoms with Crippen molar-refractivity contribution in [3.8, 4) is 0 Å². The molecule has 0 bridgehead atoms. The minimum Gasteiger partial charge on any atom is -0.355 e. The lowest BCUT2D eigenvalue weighted by Crippen LogP contribution is -2.26. The summed E-state index contributed by atoms with van der Waals surface area (Å²) in [5.41, 5.74) is 1.10. The van der Waals surface area contributed by atoms with Crippen LogP contribution in [-0.2, 0) is 4.79 Å². The summed E-state index contributed by atoms with van der Waals surface area (Å²) in [5, 5.41) is 10.5. The molecule has 1 aromatic heterocycles. The molecule has 0 radical (unpaired) electrons. The summed E-state index contributed by atoms with van der Waals surface area (Å²) in [6.07, 6.45) is 8.48. The van der Waals surface area contributed by atoms with Crippen LogP contribution < -0.4 is 5.32 Å². The van der Waals surface area contributed by atoms with Gasteiger partial charge in [0.25, 0.3) is 0 Å². The molecule has 0 saturated carbocycles. The number of nitrogens with zero attached hydrogens (tertiary/aromatic N) is 2. The third-order valence-corrected chi connectivity index (χ3v) is 4.25. The van der Waals surface area contributed by atoms with Crippen LogP contribution in [0.3, 0.4) is 0 Å². The minimum atomic E-state index is 0.0303. The molecule has 6 heteroatoms. The normalized spacial score (nSPS) is 11.0. The molecule has 0 aliphatic heterocycles. The number of rotatable bonds is 10. The van der Waals surface area contributed by atoms with Crippen LogP contribution in [0.1, 0.15) is 44.0 Å². The lowest BCUT2D eigenvalue weighted by atomic mass is 10.2. The fraction of sp³-hybridized carbons (Fsp3) is 0.389. The number of thioether (sulfide) groups is 1. The van der Waals surface area contributed by atoms with E-state index in [2.05, 4.69) is 27.4 Å². The molecule has 2 aromatic rings. The number of hydrogen-bond acceptors (Lipinski definition) is 4. The average Bonchev–Trinajstić information content (AvgIpc) is 3.07. The van der Waals surface area contributed by atoms with E-state index in [1.165, 1.54) is 31.0 Å². The topological polar surface area (TPSA) is 70.7 Å². The number of amides is 1. The van der Waals surface area contributed by atoms with E-state index in [9.17, 15) is 4.79 Å². The zero-order chi connectivity index (χ0) is 17.0. The van der Waals surface area contributed by atoms with Gasteiger partial charge in [-0.1, -0.05) is 74.4 Å². The Morgan fingerprint density at radius 1 is 1.21 bits per heavy atom. The molecule has 0 unspecified atom stereocenters. The summed E-state index contributed by atoms with van der Waals surface area (Å²) in [6.45, 7) is 2.92. The third kappa shape index (κ3) is 7.00. The van der Waals surface area contributed by atoms with Crippen molar-refractivity contribution in [3.05, 3.63) is 41.7 Å². The molecule has 0 aliphatic rings. The molecule has 1 aromatic carbocycles. The predicted molar refractivity (Wildman–Crippen MR) is 99.6 cm³/mol. The molecule has 1 heterocycles. The monoisotopic (exact) mass is 344 g/mol. The number of carbonyl (C=O) groups is 1. The van der Waals surface area contributed by atoms with Gasteiger partial charge >= 0.3 is 0 Å². The van der Waals surface area contributed by atoms with Crippen molar-refractivity contribution in [2.45, 2.75) is 37.8 Å². The molecule has 0 fully saturated rings. The van der Waals surface area contributed by atoms with Crippen LogP contribution in [0, 0.1) is 0 Å². The van der Waals surface area contributed by atoms with Crippen molar-refractivity contribution in [1.29, 1.82) is 0 Å². The van der Waals surface area contributed by atoms with Gasteiger partial charge in [0.1, 0.15) is 5.82 Å². The number of carbonyl (C=O) groups excluding carboxylic acids is 1. The molecule has 2 rings (SSSR count). The van der Waals surface area contributed by atoms with Crippen molar-refractivity contribution in [2.75, 3.05) is 12.3 Å². The molecule has 2 N–H and O–H groups in total. The number of hydrogen-bond donors (Lipinski definition) is 2. The number of aromatic nitrogens is 3. The number of unbranched alkanes of at least 4 members (excludes halogenated alkanes) is 3. The van der Waals surface area contributed by atoms with Gasteiger partial charge in [-0.25, -0.2) is 4.98 Å². The van der Waals surface area contributed by atoms with Gasteiger partial charge in [0.2, 0.25) is 11.1 Å². The Bertz CT molecular complexity index is 639. The smallest absolute Gasteiger partial charge is 0.230 e. The van der Waals surface area contributed by atoms with E-state index in [1.807, 2.05) is 42.5 Å². The molecule has 24 heavy (non-hydrogen) atoms. The molecule has 0 spiro atoms. The molecule has 0 atom stereocenters. The first-order valence-corrected chi connectivity index (χ1v) is 9.31. The number of nitrogens with one attached hydrogen (secondary N) is 2. The van der Waals surface area contributed by atoms with Crippen LogP contribution in [0.4, 0.5) is 0 Å². The summed E-state index contributed by atoms with van der Waals surface area (Å²) < 4.78 is 0. The highest BCUT2D eigenvalue weighted by atomic mass is 32.2. The Labute approximate surface area is 147 Å². The van der Waals surface area contributed by atoms with Gasteiger partial charge in [-0.15, -0.1) is 5.10 Å². The summed E-state index contributed by atoms with van der Waals surface area (Å²) in [4.78, 5) is 16.1. The van der Waals surface area contributed by atoms with Gasteiger partial charge in [0, 0.05) is 6.54 Å². The summed E-state index contributed by atoms with van der Waals surface area (Å²) in [6, 6.07) is 10.0. The minimum absolute atomic E-state index is 0.0303. The number of aromatic amines is 1. The van der Waals surface area contributed by atoms with E-state index < -0.39 is 0 Å². The van der Waals surface area contributed by atoms with Crippen LogP contribution in [0.15, 0.2) is 35.5 Å². The second-order valence-corrected chi connectivity index (χ2v) is 6.39. The highest BCUT2D eigenvalue weighted by Crippen LogP contribution is 2.13. The standard InChI is InChI=1S/C18H24N4OS/c1-2-3-4-8-13-19-17(23)14-24-18-20-16(21-22-18)12-11-15-9-6-5-7-10-15/h5-7,9-12H,2-4,8,13-14H2,1H3,(H,19,23)(H,20,21,22)/b12-11+. The molecular weight excluding hydrogens is 320 g/mol. The Hall–Kier alpha value is -2.08. The third-order valence-electron chi connectivity index (χ3n) is 3.40. The fourth-order valence-electron chi connectivity index (χ4n) is 2.10. The first kappa shape index (κ1) is 18.3. The zero-order valence-electron chi connectivity index (χ0n) is 14.0. The van der Waals surface area contributed by atoms with E-state index in [0.717, 1.165) is 18.5 Å². The van der Waals surface area contributed by atoms with Gasteiger partial charge in [-0.2, -0.15) is 0 Å². The van der Waals surface area contributed by atoms with Crippen LogP contribution in [0.5, 0.6) is 0 Å². The Balaban J connectivity index is 1.70. The van der Waals surface area contributed by atoms with Crippen LogP contribution in [0.25, 0.3) is 12.2 Å². The van der Waals surface area contributed by atoms with Crippen LogP contribution in [-0.4, -0.2) is 33.4 Å². The highest BCUT2D eigenvalue weighted by molar-refractivity contribution is 7.99. The van der Waals surface area contributed by atoms with E-state index in [1.54, 1.807) is 0 Å². The maximum absolute atomic E-state index is 11.8. The first-order chi connectivity index (χ1) is 11.8. The van der Waals surface area contributed by atoms with Gasteiger partial charge in [0.05, 0.1) is 5.75 Å². The second-order valence-electron chi connectivity index (χ2n) is 5.45. The van der Waals surface area contributed by atoms with Crippen LogP contribution >= 0.6 is 11.8 Å². The Kier molecular flexibility index (Phi) is 8.10. The molecule has 1 amide bonds. The maximum Gasteiger partial charge on any atom is 0.230 e. The predicted octanol–water partition coefficient (Wildman–Crippen LogP) is 3.76. The van der Waals surface area contributed by atoms with Gasteiger partial charge in [0.15, 0.2) is 0 Å². The lowest BCUT2D eigenvalue weighted by molar-refractivity contribution is -0.118. The molecule has 128 valence electrons. The summed E-state index contributed by atoms with van der Waals surface area (Å²) in [7, 11) is 0. The largest absolute Gasteiger partial charge is 0.355 e. The van der Waals surface area contributed by atoms with Crippen molar-refractivity contribution in [3.63, 3.8) is 0 Å². The van der Waals surface area contributed by atoms with E-state index in [0.29, 0.717) is 16.7 Å². The van der Waals surface area contributed by atoms with Gasteiger partial charge in [-0.05, 0) is 18.1 Å². The van der Waals surface area contributed by atoms with Crippen molar-refractivity contribution in [1.82, 2.24) is 20.5 Å². The lowest BCUT2D eigenvalue weighted by Gasteiger charge is -2.03. The maximum atomic E-state index is 11.8. The van der Waals surface area contributed by atoms with Crippen LogP contribution in [0.2, 0.25) is 0 Å². The van der Waals surface area contributed by atoms with Gasteiger partial charge in [-0.3, -0.25) is 9.89 Å². The van der Waals surface area contributed by atoms with E-state index in [4.69, 9.17) is 0 Å². The summed E-state index contributed by atoms with van der Waals surface area (Å²) in [5.74, 6) is 1.05. The second kappa shape index (κ2) is 10.6. The molecule has 5 nitrogen and oxygen atoms in total. The average molecular weight is 344 g/mol. The first-order valence-electron chi connectivity index (χ1n) is 8.33. The quantitative estimate of drug-likeness (QED) is 0.508. The van der Waals surface area contributed by atoms with E-state index in [-0.39, 0.29) is 5.91 Å². The Morgan fingerprint density at radius 2 is 2.04 bits per heavy atom. The Morgan fingerprint density at radius 3 is 2.83 bits per heavy atom. The van der Waals surface area contributed by atoms with Crippen molar-refractivity contribution < 1.29 is 4.79 Å². The van der Waals surface area contributed by atoms with Crippen molar-refractivity contribution in [2.24, 2.45) is 0 Å². The van der Waals surface area contributed by atoms with Gasteiger partial charge < -0.3 is 5.32 Å². The SMILES string of the molecule is CCCCCCNC(=O)CSc1n[nH]c(/C=C/c2ccccc2)n1. The molecule has 0 aliphatic carbocycles.